The van der Waals surface area contributed by atoms with E-state index >= 15 is 0 Å². The van der Waals surface area contributed by atoms with Gasteiger partial charge in [-0.25, -0.2) is 0 Å². The van der Waals surface area contributed by atoms with Gasteiger partial charge in [0.2, 0.25) is 0 Å². The second-order valence-corrected chi connectivity index (χ2v) is 2.90. The van der Waals surface area contributed by atoms with Crippen LogP contribution in [-0.4, -0.2) is 18.5 Å². The monoisotopic (exact) mass is 272 g/mol. The molecule has 0 bridgehead atoms. The van der Waals surface area contributed by atoms with Crippen LogP contribution < -0.4 is 0 Å². The lowest BCUT2D eigenvalue weighted by Crippen LogP contribution is -2.58. The molecule has 0 radical (unpaired) electrons. The van der Waals surface area contributed by atoms with Crippen LogP contribution in [0.4, 0.5) is 39.5 Å². The zero-order chi connectivity index (χ0) is 14.1. The number of alkyl halides is 9. The highest BCUT2D eigenvalue weighted by Gasteiger charge is 2.82. The molecule has 0 rings (SSSR count). The minimum Gasteiger partial charge on any atom is -0.169 e. The first-order valence-corrected chi connectivity index (χ1v) is 3.81. The van der Waals surface area contributed by atoms with E-state index in [0.29, 0.717) is 6.08 Å². The first-order chi connectivity index (χ1) is 7.31. The third-order valence-corrected chi connectivity index (χ3v) is 1.82. The normalized spacial score (nSPS) is 15.4. The Morgan fingerprint density at radius 2 is 0.941 bits per heavy atom. The summed E-state index contributed by atoms with van der Waals surface area (Å²) in [5.41, 5.74) is -5.89. The fourth-order valence-corrected chi connectivity index (χ4v) is 0.978. The number of hydrogen-bond acceptors (Lipinski definition) is 0. The maximum absolute atomic E-state index is 12.2. The van der Waals surface area contributed by atoms with Crippen molar-refractivity contribution >= 4 is 0 Å². The molecule has 0 nitrogen and oxygen atoms in total. The van der Waals surface area contributed by atoms with Crippen LogP contribution in [0.15, 0.2) is 24.8 Å². The highest BCUT2D eigenvalue weighted by molar-refractivity contribution is 5.16. The van der Waals surface area contributed by atoms with Crippen molar-refractivity contribution in [3.8, 4) is 0 Å². The molecule has 0 saturated heterocycles. The maximum atomic E-state index is 12.2. The molecule has 100 valence electrons. The largest absolute Gasteiger partial charge is 0.415 e. The van der Waals surface area contributed by atoms with Gasteiger partial charge in [-0.1, -0.05) is 24.8 Å². The van der Waals surface area contributed by atoms with Crippen molar-refractivity contribution in [2.75, 3.05) is 0 Å². The molecular formula is C8H5F9. The number of rotatable bonds is 2. The van der Waals surface area contributed by atoms with Gasteiger partial charge < -0.3 is 0 Å². The molecule has 9 heteroatoms. The van der Waals surface area contributed by atoms with E-state index < -0.39 is 30.0 Å². The number of hydrogen-bond donors (Lipinski definition) is 0. The summed E-state index contributed by atoms with van der Waals surface area (Å²) in [5.74, 6) is 0. The Kier molecular flexibility index (Phi) is 3.97. The molecule has 0 aliphatic rings. The van der Waals surface area contributed by atoms with Crippen LogP contribution >= 0.6 is 0 Å². The minimum absolute atomic E-state index is 0.0472. The highest BCUT2D eigenvalue weighted by Crippen LogP contribution is 2.60. The van der Waals surface area contributed by atoms with E-state index in [1.54, 1.807) is 0 Å². The molecule has 0 aromatic carbocycles. The molecule has 0 aromatic rings. The lowest BCUT2D eigenvalue weighted by Gasteiger charge is -2.36. The molecule has 0 heterocycles. The fourth-order valence-electron chi connectivity index (χ4n) is 0.978. The van der Waals surface area contributed by atoms with Crippen LogP contribution in [0.25, 0.3) is 0 Å². The van der Waals surface area contributed by atoms with Crippen molar-refractivity contribution < 1.29 is 39.5 Å². The standard InChI is InChI=1S/C8H5F9/c1-2-3-4-5(6(9,10)11,7(12,13)14)8(15,16)17/h2-4H,1H2/b4-3-. The third kappa shape index (κ3) is 2.58. The summed E-state index contributed by atoms with van der Waals surface area (Å²) in [4.78, 5) is 0. The summed E-state index contributed by atoms with van der Waals surface area (Å²) in [6.07, 6.45) is -20.3. The molecule has 0 aliphatic carbocycles. The molecule has 0 N–H and O–H groups in total. The minimum atomic E-state index is -6.55. The summed E-state index contributed by atoms with van der Waals surface area (Å²) < 4.78 is 109. The van der Waals surface area contributed by atoms with Gasteiger partial charge in [0.25, 0.3) is 5.41 Å². The van der Waals surface area contributed by atoms with E-state index in [9.17, 15) is 39.5 Å². The van der Waals surface area contributed by atoms with Gasteiger partial charge in [-0.15, -0.1) is 0 Å². The van der Waals surface area contributed by atoms with Crippen molar-refractivity contribution in [2.24, 2.45) is 5.41 Å². The van der Waals surface area contributed by atoms with Crippen molar-refractivity contribution in [1.82, 2.24) is 0 Å². The zero-order valence-electron chi connectivity index (χ0n) is 7.84. The van der Waals surface area contributed by atoms with E-state index in [2.05, 4.69) is 6.58 Å². The molecule has 0 aliphatic heterocycles. The van der Waals surface area contributed by atoms with Crippen molar-refractivity contribution in [1.29, 1.82) is 0 Å². The molecule has 0 unspecified atom stereocenters. The zero-order valence-corrected chi connectivity index (χ0v) is 7.84. The first kappa shape index (κ1) is 15.9. The van der Waals surface area contributed by atoms with Gasteiger partial charge in [0.15, 0.2) is 0 Å². The van der Waals surface area contributed by atoms with Crippen molar-refractivity contribution in [3.63, 3.8) is 0 Å². The average Bonchev–Trinajstić information content (AvgIpc) is 1.96. The molecular weight excluding hydrogens is 267 g/mol. The van der Waals surface area contributed by atoms with E-state index in [0.717, 1.165) is 0 Å². The Morgan fingerprint density at radius 3 is 1.12 bits per heavy atom. The Labute approximate surface area is 89.4 Å². The molecule has 0 fully saturated rings. The molecule has 0 saturated carbocycles. The summed E-state index contributed by atoms with van der Waals surface area (Å²) >= 11 is 0. The number of allylic oxidation sites excluding steroid dienone is 3. The van der Waals surface area contributed by atoms with Crippen LogP contribution in [0.5, 0.6) is 0 Å². The Balaban J connectivity index is 6.12. The van der Waals surface area contributed by atoms with Gasteiger partial charge in [-0.05, 0) is 0 Å². The molecule has 0 aromatic heterocycles. The maximum Gasteiger partial charge on any atom is 0.415 e. The van der Waals surface area contributed by atoms with Crippen LogP contribution in [-0.2, 0) is 0 Å². The summed E-state index contributed by atoms with van der Waals surface area (Å²) in [6.45, 7) is 2.72. The van der Waals surface area contributed by atoms with E-state index in [-0.39, 0.29) is 6.08 Å². The molecule has 0 spiro atoms. The molecule has 0 amide bonds. The summed E-state index contributed by atoms with van der Waals surface area (Å²) in [7, 11) is 0. The second-order valence-electron chi connectivity index (χ2n) is 2.90. The van der Waals surface area contributed by atoms with Crippen molar-refractivity contribution in [3.05, 3.63) is 24.8 Å². The summed E-state index contributed by atoms with van der Waals surface area (Å²) in [5, 5.41) is 0. The molecule has 0 atom stereocenters. The van der Waals surface area contributed by atoms with E-state index in [1.807, 2.05) is 0 Å². The van der Waals surface area contributed by atoms with Crippen LogP contribution in [0.1, 0.15) is 0 Å². The fraction of sp³-hybridized carbons (Fsp3) is 0.500. The average molecular weight is 272 g/mol. The second kappa shape index (κ2) is 4.26. The topological polar surface area (TPSA) is 0 Å². The Hall–Kier alpha value is -1.15. The van der Waals surface area contributed by atoms with Gasteiger partial charge in [0.05, 0.1) is 0 Å². The van der Waals surface area contributed by atoms with Crippen LogP contribution in [0, 0.1) is 5.41 Å². The van der Waals surface area contributed by atoms with Gasteiger partial charge >= 0.3 is 18.5 Å². The van der Waals surface area contributed by atoms with Gasteiger partial charge in [0.1, 0.15) is 0 Å². The van der Waals surface area contributed by atoms with Crippen LogP contribution in [0.2, 0.25) is 0 Å². The van der Waals surface area contributed by atoms with Crippen molar-refractivity contribution in [2.45, 2.75) is 18.5 Å². The lowest BCUT2D eigenvalue weighted by atomic mass is 9.85. The lowest BCUT2D eigenvalue weighted by molar-refractivity contribution is -0.406. The number of halogens is 9. The Morgan fingerprint density at radius 1 is 0.647 bits per heavy atom. The third-order valence-electron chi connectivity index (χ3n) is 1.82. The molecule has 17 heavy (non-hydrogen) atoms. The predicted molar refractivity (Wildman–Crippen MR) is 39.9 cm³/mol. The highest BCUT2D eigenvalue weighted by atomic mass is 19.4. The van der Waals surface area contributed by atoms with Gasteiger partial charge in [-0.2, -0.15) is 39.5 Å². The van der Waals surface area contributed by atoms with E-state index in [1.165, 1.54) is 0 Å². The van der Waals surface area contributed by atoms with Crippen LogP contribution in [0.3, 0.4) is 0 Å². The van der Waals surface area contributed by atoms with Gasteiger partial charge in [-0.3, -0.25) is 0 Å². The van der Waals surface area contributed by atoms with E-state index in [4.69, 9.17) is 0 Å². The van der Waals surface area contributed by atoms with Gasteiger partial charge in [0, 0.05) is 0 Å². The summed E-state index contributed by atoms with van der Waals surface area (Å²) in [6, 6.07) is 0. The predicted octanol–water partition coefficient (Wildman–Crippen LogP) is 4.40. The Bertz CT molecular complexity index is 264. The SMILES string of the molecule is C=C/C=C\C(C(F)(F)F)(C(F)(F)F)C(F)(F)F. The smallest absolute Gasteiger partial charge is 0.169 e. The first-order valence-electron chi connectivity index (χ1n) is 3.81. The quantitative estimate of drug-likeness (QED) is 0.516.